The van der Waals surface area contributed by atoms with Crippen molar-refractivity contribution in [2.45, 2.75) is 17.7 Å². The van der Waals surface area contributed by atoms with Gasteiger partial charge in [-0.3, -0.25) is 4.79 Å². The van der Waals surface area contributed by atoms with Crippen LogP contribution in [0.15, 0.2) is 18.2 Å². The first-order valence-electron chi connectivity index (χ1n) is 5.92. The lowest BCUT2D eigenvalue weighted by atomic mass is 10.1. The molecule has 1 N–H and O–H groups in total. The Morgan fingerprint density at radius 1 is 1.44 bits per heavy atom. The molecule has 1 aliphatic rings. The maximum atomic E-state index is 12.2. The van der Waals surface area contributed by atoms with Crippen molar-refractivity contribution < 1.29 is 14.6 Å². The van der Waals surface area contributed by atoms with Crippen LogP contribution in [0.25, 0.3) is 0 Å². The summed E-state index contributed by atoms with van der Waals surface area (Å²) in [7, 11) is 1.48. The van der Waals surface area contributed by atoms with Crippen molar-refractivity contribution in [1.82, 2.24) is 4.90 Å². The molecule has 18 heavy (non-hydrogen) atoms. The van der Waals surface area contributed by atoms with Crippen LogP contribution >= 0.6 is 15.9 Å². The zero-order chi connectivity index (χ0) is 13.1. The van der Waals surface area contributed by atoms with E-state index < -0.39 is 0 Å². The third-order valence-electron chi connectivity index (χ3n) is 3.14. The van der Waals surface area contributed by atoms with Crippen molar-refractivity contribution in [3.63, 3.8) is 0 Å². The Balaban J connectivity index is 2.11. The molecule has 0 unspecified atom stereocenters. The number of nitrogens with zero attached hydrogens (tertiary/aromatic N) is 1. The smallest absolute Gasteiger partial charge is 0.253 e. The molecule has 1 aromatic rings. The minimum absolute atomic E-state index is 0.00118. The molecule has 1 saturated heterocycles. The molecule has 5 heteroatoms. The van der Waals surface area contributed by atoms with Gasteiger partial charge >= 0.3 is 0 Å². The summed E-state index contributed by atoms with van der Waals surface area (Å²) in [4.78, 5) is 14.5. The highest BCUT2D eigenvalue weighted by Gasteiger charge is 2.22. The van der Waals surface area contributed by atoms with Crippen molar-refractivity contribution in [3.05, 3.63) is 23.8 Å². The average molecular weight is 314 g/mol. The predicted octanol–water partition coefficient (Wildman–Crippen LogP) is 2.40. The summed E-state index contributed by atoms with van der Waals surface area (Å²) in [5.41, 5.74) is 0.501. The number of benzene rings is 1. The second-order valence-corrected chi connectivity index (χ2v) is 5.65. The molecule has 0 saturated carbocycles. The van der Waals surface area contributed by atoms with Crippen LogP contribution < -0.4 is 4.74 Å². The molecule has 0 atom stereocenters. The maximum Gasteiger partial charge on any atom is 0.253 e. The van der Waals surface area contributed by atoms with E-state index in [1.807, 2.05) is 4.90 Å². The summed E-state index contributed by atoms with van der Waals surface area (Å²) >= 11 is 3.56. The molecule has 1 heterocycles. The van der Waals surface area contributed by atoms with Gasteiger partial charge in [-0.1, -0.05) is 15.9 Å². The highest BCUT2D eigenvalue weighted by molar-refractivity contribution is 9.09. The number of rotatable bonds is 2. The lowest BCUT2D eigenvalue weighted by molar-refractivity contribution is 0.0728. The lowest BCUT2D eigenvalue weighted by Crippen LogP contribution is -2.38. The van der Waals surface area contributed by atoms with Gasteiger partial charge in [-0.05, 0) is 31.0 Å². The van der Waals surface area contributed by atoms with E-state index in [0.29, 0.717) is 16.1 Å². The van der Waals surface area contributed by atoms with Gasteiger partial charge in [0, 0.05) is 23.5 Å². The van der Waals surface area contributed by atoms with Crippen LogP contribution in [0.4, 0.5) is 0 Å². The van der Waals surface area contributed by atoms with E-state index in [4.69, 9.17) is 4.74 Å². The van der Waals surface area contributed by atoms with E-state index in [-0.39, 0.29) is 11.7 Å². The SMILES string of the molecule is COc1ccc(C(=O)N2CCC(Br)CC2)cc1O. The third-order valence-corrected chi connectivity index (χ3v) is 4.05. The Morgan fingerprint density at radius 3 is 2.67 bits per heavy atom. The van der Waals surface area contributed by atoms with Crippen LogP contribution in [-0.4, -0.2) is 40.9 Å². The molecule has 1 fully saturated rings. The van der Waals surface area contributed by atoms with Crippen LogP contribution in [-0.2, 0) is 0 Å². The third kappa shape index (κ3) is 2.77. The fraction of sp³-hybridized carbons (Fsp3) is 0.462. The predicted molar refractivity (Wildman–Crippen MR) is 72.5 cm³/mol. The molecule has 1 aliphatic heterocycles. The van der Waals surface area contributed by atoms with Gasteiger partial charge in [0.25, 0.3) is 5.91 Å². The van der Waals surface area contributed by atoms with Crippen LogP contribution in [0, 0.1) is 0 Å². The summed E-state index contributed by atoms with van der Waals surface area (Å²) in [6.07, 6.45) is 1.93. The quantitative estimate of drug-likeness (QED) is 0.853. The normalized spacial score (nSPS) is 16.7. The summed E-state index contributed by atoms with van der Waals surface area (Å²) in [6, 6.07) is 4.75. The molecule has 4 nitrogen and oxygen atoms in total. The number of aromatic hydroxyl groups is 1. The minimum Gasteiger partial charge on any atom is -0.504 e. The van der Waals surface area contributed by atoms with E-state index in [1.54, 1.807) is 12.1 Å². The van der Waals surface area contributed by atoms with Gasteiger partial charge < -0.3 is 14.7 Å². The zero-order valence-corrected chi connectivity index (χ0v) is 11.8. The second-order valence-electron chi connectivity index (χ2n) is 4.35. The van der Waals surface area contributed by atoms with Gasteiger partial charge in [0.15, 0.2) is 11.5 Å². The Morgan fingerprint density at radius 2 is 2.11 bits per heavy atom. The molecule has 2 rings (SSSR count). The Bertz CT molecular complexity index is 442. The standard InChI is InChI=1S/C13H16BrNO3/c1-18-12-3-2-9(8-11(12)16)13(17)15-6-4-10(14)5-7-15/h2-3,8,10,16H,4-7H2,1H3. The molecular weight excluding hydrogens is 298 g/mol. The number of phenols is 1. The van der Waals surface area contributed by atoms with Crippen LogP contribution in [0.2, 0.25) is 0 Å². The zero-order valence-electron chi connectivity index (χ0n) is 10.2. The lowest BCUT2D eigenvalue weighted by Gasteiger charge is -2.29. The molecule has 0 radical (unpaired) electrons. The van der Waals surface area contributed by atoms with Crippen molar-refractivity contribution in [1.29, 1.82) is 0 Å². The first-order valence-corrected chi connectivity index (χ1v) is 6.83. The highest BCUT2D eigenvalue weighted by atomic mass is 79.9. The molecule has 0 bridgehead atoms. The van der Waals surface area contributed by atoms with Gasteiger partial charge in [0.2, 0.25) is 0 Å². The number of phenolic OH excluding ortho intramolecular Hbond substituents is 1. The Kier molecular flexibility index (Phi) is 4.11. The molecular formula is C13H16BrNO3. The first kappa shape index (κ1) is 13.2. The molecule has 0 spiro atoms. The van der Waals surface area contributed by atoms with E-state index in [2.05, 4.69) is 15.9 Å². The van der Waals surface area contributed by atoms with Crippen LogP contribution in [0.5, 0.6) is 11.5 Å². The molecule has 1 aromatic carbocycles. The fourth-order valence-electron chi connectivity index (χ4n) is 2.06. The van der Waals surface area contributed by atoms with Crippen molar-refractivity contribution >= 4 is 21.8 Å². The van der Waals surface area contributed by atoms with E-state index >= 15 is 0 Å². The number of methoxy groups -OCH3 is 1. The van der Waals surface area contributed by atoms with Crippen molar-refractivity contribution in [2.75, 3.05) is 20.2 Å². The van der Waals surface area contributed by atoms with Gasteiger partial charge in [-0.15, -0.1) is 0 Å². The number of likely N-dealkylation sites (tertiary alicyclic amines) is 1. The van der Waals surface area contributed by atoms with Gasteiger partial charge in [-0.2, -0.15) is 0 Å². The first-order chi connectivity index (χ1) is 8.61. The number of hydrogen-bond donors (Lipinski definition) is 1. The maximum absolute atomic E-state index is 12.2. The molecule has 0 aromatic heterocycles. The molecule has 98 valence electrons. The highest BCUT2D eigenvalue weighted by Crippen LogP contribution is 2.27. The summed E-state index contributed by atoms with van der Waals surface area (Å²) in [5, 5.41) is 9.68. The fourth-order valence-corrected chi connectivity index (χ4v) is 2.47. The number of alkyl halides is 1. The molecule has 0 aliphatic carbocycles. The number of hydrogen-bond acceptors (Lipinski definition) is 3. The Hall–Kier alpha value is -1.23. The van der Waals surface area contributed by atoms with Crippen molar-refractivity contribution in [3.8, 4) is 11.5 Å². The van der Waals surface area contributed by atoms with Crippen LogP contribution in [0.3, 0.4) is 0 Å². The van der Waals surface area contributed by atoms with Gasteiger partial charge in [-0.25, -0.2) is 0 Å². The van der Waals surface area contributed by atoms with Gasteiger partial charge in [0.05, 0.1) is 7.11 Å². The van der Waals surface area contributed by atoms with E-state index in [0.717, 1.165) is 25.9 Å². The monoisotopic (exact) mass is 313 g/mol. The number of carbonyl (C=O) groups excluding carboxylic acids is 1. The average Bonchev–Trinajstić information content (AvgIpc) is 2.38. The summed E-state index contributed by atoms with van der Waals surface area (Å²) < 4.78 is 4.96. The number of amides is 1. The van der Waals surface area contributed by atoms with E-state index in [9.17, 15) is 9.90 Å². The Labute approximate surface area is 115 Å². The van der Waals surface area contributed by atoms with Gasteiger partial charge in [0.1, 0.15) is 0 Å². The number of halogens is 1. The number of carbonyl (C=O) groups is 1. The topological polar surface area (TPSA) is 49.8 Å². The van der Waals surface area contributed by atoms with E-state index in [1.165, 1.54) is 13.2 Å². The second kappa shape index (κ2) is 5.61. The number of ether oxygens (including phenoxy) is 1. The largest absolute Gasteiger partial charge is 0.504 e. The summed E-state index contributed by atoms with van der Waals surface area (Å²) in [5.74, 6) is 0.344. The number of piperidine rings is 1. The molecule has 1 amide bonds. The summed E-state index contributed by atoms with van der Waals surface area (Å²) in [6.45, 7) is 1.50. The van der Waals surface area contributed by atoms with Crippen LogP contribution in [0.1, 0.15) is 23.2 Å². The van der Waals surface area contributed by atoms with Crippen molar-refractivity contribution in [2.24, 2.45) is 0 Å². The minimum atomic E-state index is -0.0349.